The van der Waals surface area contributed by atoms with Gasteiger partial charge in [0, 0.05) is 12.6 Å². The lowest BCUT2D eigenvalue weighted by atomic mass is 9.78. The first-order chi connectivity index (χ1) is 14.3. The molecule has 1 unspecified atom stereocenters. The Morgan fingerprint density at radius 1 is 1.16 bits per heavy atom. The molecule has 31 heavy (non-hydrogen) atoms. The number of nitrogens with zero attached hydrogens (tertiary/aromatic N) is 2. The van der Waals surface area contributed by atoms with Gasteiger partial charge < -0.3 is 9.31 Å². The van der Waals surface area contributed by atoms with Crippen LogP contribution in [0.1, 0.15) is 75.5 Å². The van der Waals surface area contributed by atoms with Crippen LogP contribution in [0.25, 0.3) is 0 Å². The normalized spacial score (nSPS) is 20.5. The Hall–Kier alpha value is -1.67. The highest BCUT2D eigenvalue weighted by atomic mass is 35.5. The third kappa shape index (κ3) is 4.21. The fourth-order valence-electron chi connectivity index (χ4n) is 3.67. The van der Waals surface area contributed by atoms with Crippen LogP contribution in [0.2, 0.25) is 10.0 Å². The highest BCUT2D eigenvalue weighted by Crippen LogP contribution is 2.40. The summed E-state index contributed by atoms with van der Waals surface area (Å²) in [5.41, 5.74) is 0.143. The molecule has 1 aliphatic heterocycles. The zero-order valence-corrected chi connectivity index (χ0v) is 20.4. The zero-order chi connectivity index (χ0) is 23.3. The van der Waals surface area contributed by atoms with Crippen LogP contribution in [0.4, 0.5) is 0 Å². The number of ketones is 1. The van der Waals surface area contributed by atoms with Crippen LogP contribution in [-0.2, 0) is 16.4 Å². The smallest absolute Gasteiger partial charge is 0.399 e. The number of benzene rings is 1. The van der Waals surface area contributed by atoms with Crippen molar-refractivity contribution in [3.63, 3.8) is 0 Å². The zero-order valence-electron chi connectivity index (χ0n) is 18.9. The number of aromatic nitrogens is 2. The molecule has 1 aromatic carbocycles. The summed E-state index contributed by atoms with van der Waals surface area (Å²) in [5, 5.41) is 4.45. The lowest BCUT2D eigenvalue weighted by Gasteiger charge is -2.35. The number of rotatable bonds is 5. The van der Waals surface area contributed by atoms with E-state index in [1.165, 1.54) is 13.1 Å². The first kappa shape index (κ1) is 24.0. The van der Waals surface area contributed by atoms with Gasteiger partial charge in [-0.3, -0.25) is 9.59 Å². The molecule has 1 saturated heterocycles. The third-order valence-corrected chi connectivity index (χ3v) is 6.82. The van der Waals surface area contributed by atoms with Gasteiger partial charge in [0.2, 0.25) is 5.78 Å². The van der Waals surface area contributed by atoms with Crippen molar-refractivity contribution in [1.29, 1.82) is 0 Å². The van der Waals surface area contributed by atoms with Crippen LogP contribution in [0, 0.1) is 0 Å². The van der Waals surface area contributed by atoms with E-state index < -0.39 is 24.1 Å². The molecule has 166 valence electrons. The second-order valence-corrected chi connectivity index (χ2v) is 9.73. The summed E-state index contributed by atoms with van der Waals surface area (Å²) < 4.78 is 13.5. The maximum Gasteiger partial charge on any atom is 0.494 e. The minimum Gasteiger partial charge on any atom is -0.399 e. The van der Waals surface area contributed by atoms with Crippen molar-refractivity contribution in [2.75, 3.05) is 0 Å². The Balaban J connectivity index is 2.01. The summed E-state index contributed by atoms with van der Waals surface area (Å²) >= 11 is 13.0. The van der Waals surface area contributed by atoms with E-state index in [-0.39, 0.29) is 32.8 Å². The molecule has 6 nitrogen and oxygen atoms in total. The van der Waals surface area contributed by atoms with Crippen LogP contribution in [0.15, 0.2) is 23.0 Å². The Kier molecular flexibility index (Phi) is 6.47. The van der Waals surface area contributed by atoms with E-state index in [0.717, 1.165) is 11.1 Å². The molecule has 0 saturated carbocycles. The largest absolute Gasteiger partial charge is 0.494 e. The quantitative estimate of drug-likeness (QED) is 0.491. The number of carbonyl (C=O) groups excluding carboxylic acids is 1. The van der Waals surface area contributed by atoms with Gasteiger partial charge in [-0.25, -0.2) is 4.68 Å². The van der Waals surface area contributed by atoms with E-state index in [1.807, 2.05) is 41.5 Å². The molecule has 1 aromatic heterocycles. The van der Waals surface area contributed by atoms with Crippen molar-refractivity contribution in [3.05, 3.63) is 55.4 Å². The fraction of sp³-hybridized carbons (Fsp3) is 0.500. The van der Waals surface area contributed by atoms with Crippen molar-refractivity contribution in [2.24, 2.45) is 7.05 Å². The number of aryl methyl sites for hydroxylation is 1. The average molecular weight is 465 g/mol. The molecule has 0 N–H and O–H groups in total. The summed E-state index contributed by atoms with van der Waals surface area (Å²) in [4.78, 5) is 25.5. The van der Waals surface area contributed by atoms with E-state index in [9.17, 15) is 9.59 Å². The second-order valence-electron chi connectivity index (χ2n) is 8.92. The van der Waals surface area contributed by atoms with Gasteiger partial charge in [-0.15, -0.1) is 0 Å². The predicted octanol–water partition coefficient (Wildman–Crippen LogP) is 4.13. The molecule has 3 rings (SSSR count). The minimum absolute atomic E-state index is 0.0607. The van der Waals surface area contributed by atoms with E-state index in [0.29, 0.717) is 11.0 Å². The molecule has 0 spiro atoms. The fourth-order valence-corrected chi connectivity index (χ4v) is 4.35. The van der Waals surface area contributed by atoms with Gasteiger partial charge in [-0.2, -0.15) is 5.10 Å². The van der Waals surface area contributed by atoms with Gasteiger partial charge in [0.25, 0.3) is 5.56 Å². The molecule has 0 bridgehead atoms. The van der Waals surface area contributed by atoms with Gasteiger partial charge in [0.1, 0.15) is 5.69 Å². The summed E-state index contributed by atoms with van der Waals surface area (Å²) in [6, 6.07) is 4.77. The number of carbonyl (C=O) groups is 1. The first-order valence-electron chi connectivity index (χ1n) is 10.3. The van der Waals surface area contributed by atoms with E-state index in [1.54, 1.807) is 12.1 Å². The molecular weight excluding hydrogens is 438 g/mol. The summed E-state index contributed by atoms with van der Waals surface area (Å²) in [6.07, 6.45) is 0.769. The van der Waals surface area contributed by atoms with Gasteiger partial charge in [0.05, 0.1) is 26.8 Å². The highest BCUT2D eigenvalue weighted by molar-refractivity contribution is 6.63. The van der Waals surface area contributed by atoms with Crippen molar-refractivity contribution in [3.8, 4) is 0 Å². The Bertz CT molecular complexity index is 1080. The predicted molar refractivity (Wildman–Crippen MR) is 124 cm³/mol. The van der Waals surface area contributed by atoms with Crippen LogP contribution in [0.3, 0.4) is 0 Å². The molecule has 1 aliphatic rings. The average Bonchev–Trinajstić information content (AvgIpc) is 2.92. The van der Waals surface area contributed by atoms with Crippen LogP contribution in [0.5, 0.6) is 0 Å². The first-order valence-corrected chi connectivity index (χ1v) is 11.0. The van der Waals surface area contributed by atoms with Crippen LogP contribution >= 0.6 is 23.2 Å². The summed E-state index contributed by atoms with van der Waals surface area (Å²) in [6.45, 7) is 11.8. The monoisotopic (exact) mass is 464 g/mol. The van der Waals surface area contributed by atoms with Gasteiger partial charge >= 0.3 is 7.12 Å². The van der Waals surface area contributed by atoms with E-state index >= 15 is 0 Å². The van der Waals surface area contributed by atoms with Crippen molar-refractivity contribution in [1.82, 2.24) is 9.78 Å². The van der Waals surface area contributed by atoms with E-state index in [4.69, 9.17) is 32.5 Å². The third-order valence-electron chi connectivity index (χ3n) is 6.23. The Labute approximate surface area is 193 Å². The highest BCUT2D eigenvalue weighted by Gasteiger charge is 2.53. The van der Waals surface area contributed by atoms with Gasteiger partial charge in [-0.1, -0.05) is 44.0 Å². The summed E-state index contributed by atoms with van der Waals surface area (Å²) in [7, 11) is 0.862. The van der Waals surface area contributed by atoms with Crippen molar-refractivity contribution >= 4 is 41.6 Å². The topological polar surface area (TPSA) is 70.4 Å². The van der Waals surface area contributed by atoms with Gasteiger partial charge in [0.15, 0.2) is 0 Å². The lowest BCUT2D eigenvalue weighted by Crippen LogP contribution is -2.44. The molecule has 1 fully saturated rings. The maximum absolute atomic E-state index is 13.2. The molecule has 0 aliphatic carbocycles. The summed E-state index contributed by atoms with van der Waals surface area (Å²) in [5.74, 6) is -0.513. The van der Waals surface area contributed by atoms with Crippen LogP contribution < -0.4 is 11.0 Å². The molecule has 2 heterocycles. The molecule has 1 atom stereocenters. The molecule has 9 heteroatoms. The number of hydrogen-bond acceptors (Lipinski definition) is 5. The molecule has 2 aromatic rings. The molecular formula is C22H27BCl2N2O4. The van der Waals surface area contributed by atoms with Crippen LogP contribution in [-0.4, -0.2) is 33.9 Å². The van der Waals surface area contributed by atoms with Gasteiger partial charge in [-0.05, 0) is 56.8 Å². The molecule has 0 amide bonds. The Morgan fingerprint density at radius 3 is 2.23 bits per heavy atom. The van der Waals surface area contributed by atoms with Crippen molar-refractivity contribution in [2.45, 2.75) is 65.1 Å². The van der Waals surface area contributed by atoms with Crippen molar-refractivity contribution < 1.29 is 14.1 Å². The Morgan fingerprint density at radius 2 is 1.74 bits per heavy atom. The maximum atomic E-state index is 13.2. The number of halogens is 2. The minimum atomic E-state index is -0.651. The standard InChI is InChI=1S/C22H27BCl2N2O4/c1-8-22(6)21(4,5)30-23(31-22)13-9-15(24)18(16(25)10-13)19(28)17-11-14(12(2)3)20(29)27(7)26-17/h9-12H,8H2,1-7H3. The van der Waals surface area contributed by atoms with E-state index in [2.05, 4.69) is 5.10 Å². The second kappa shape index (κ2) is 8.36. The lowest BCUT2D eigenvalue weighted by molar-refractivity contribution is -0.0118. The SMILES string of the molecule is CCC1(C)OB(c2cc(Cl)c(C(=O)c3cc(C(C)C)c(=O)n(C)n3)c(Cl)c2)OC1(C)C. The molecule has 0 radical (unpaired) electrons. The number of hydrogen-bond donors (Lipinski definition) is 0.